The molecule has 3 N–H and O–H groups in total. The Bertz CT molecular complexity index is 207. The van der Waals surface area contributed by atoms with Crippen LogP contribution in [0.4, 0.5) is 8.78 Å². The van der Waals surface area contributed by atoms with Crippen LogP contribution in [0.5, 0.6) is 0 Å². The van der Waals surface area contributed by atoms with Crippen molar-refractivity contribution in [2.45, 2.75) is 25.5 Å². The third kappa shape index (κ3) is 3.79. The largest absolute Gasteiger partial charge is 0.480 e. The molecule has 0 saturated carbocycles. The number of carboxylic acid groups (broad SMARTS) is 1. The fraction of sp³-hybridized carbons (Fsp3) is 0.667. The quantitative estimate of drug-likeness (QED) is 0.550. The zero-order valence-electron chi connectivity index (χ0n) is 6.70. The lowest BCUT2D eigenvalue weighted by Gasteiger charge is -2.16. The Kier molecular flexibility index (Phi) is 4.26. The summed E-state index contributed by atoms with van der Waals surface area (Å²) in [4.78, 5) is 20.6. The van der Waals surface area contributed by atoms with Crippen LogP contribution in [0.2, 0.25) is 0 Å². The number of aliphatic hydroxyl groups is 1. The first-order valence-corrected chi connectivity index (χ1v) is 3.35. The van der Waals surface area contributed by atoms with E-state index in [0.717, 1.165) is 6.92 Å². The van der Waals surface area contributed by atoms with Gasteiger partial charge in [0.2, 0.25) is 0 Å². The smallest absolute Gasteiger partial charge is 0.328 e. The van der Waals surface area contributed by atoms with Crippen molar-refractivity contribution < 1.29 is 28.6 Å². The van der Waals surface area contributed by atoms with Crippen molar-refractivity contribution in [1.82, 2.24) is 5.32 Å². The van der Waals surface area contributed by atoms with Gasteiger partial charge in [0, 0.05) is 0 Å². The van der Waals surface area contributed by atoms with Gasteiger partial charge >= 0.3 is 12.4 Å². The van der Waals surface area contributed by atoms with Crippen molar-refractivity contribution in [1.29, 1.82) is 0 Å². The van der Waals surface area contributed by atoms with Gasteiger partial charge in [-0.2, -0.15) is 8.78 Å². The highest BCUT2D eigenvalue weighted by molar-refractivity contribution is 5.85. The number of carbonyl (C=O) groups is 2. The van der Waals surface area contributed by atoms with Gasteiger partial charge < -0.3 is 15.5 Å². The van der Waals surface area contributed by atoms with E-state index in [-0.39, 0.29) is 0 Å². The SMILES string of the molecule is CC(O)C(NC(=O)C(F)F)C(=O)O. The second-order valence-corrected chi connectivity index (χ2v) is 2.37. The zero-order valence-corrected chi connectivity index (χ0v) is 6.70. The first-order chi connectivity index (χ1) is 5.86. The third-order valence-corrected chi connectivity index (χ3v) is 1.24. The van der Waals surface area contributed by atoms with Gasteiger partial charge in [-0.1, -0.05) is 0 Å². The molecule has 7 heteroatoms. The number of carboxylic acids is 1. The Morgan fingerprint density at radius 2 is 1.85 bits per heavy atom. The third-order valence-electron chi connectivity index (χ3n) is 1.24. The normalized spacial score (nSPS) is 15.2. The highest BCUT2D eigenvalue weighted by Gasteiger charge is 2.28. The summed E-state index contributed by atoms with van der Waals surface area (Å²) in [5.41, 5.74) is 0. The van der Waals surface area contributed by atoms with Gasteiger partial charge in [0.05, 0.1) is 6.10 Å². The predicted molar refractivity (Wildman–Crippen MR) is 37.3 cm³/mol. The van der Waals surface area contributed by atoms with Gasteiger partial charge in [0.25, 0.3) is 5.91 Å². The van der Waals surface area contributed by atoms with E-state index in [1.54, 1.807) is 0 Å². The molecule has 0 aromatic rings. The summed E-state index contributed by atoms with van der Waals surface area (Å²) >= 11 is 0. The Balaban J connectivity index is 4.27. The maximum absolute atomic E-state index is 11.6. The van der Waals surface area contributed by atoms with E-state index in [2.05, 4.69) is 0 Å². The van der Waals surface area contributed by atoms with E-state index in [4.69, 9.17) is 10.2 Å². The maximum atomic E-state index is 11.6. The Morgan fingerprint density at radius 1 is 1.38 bits per heavy atom. The molecular weight excluding hydrogens is 188 g/mol. The number of carbonyl (C=O) groups excluding carboxylic acids is 1. The van der Waals surface area contributed by atoms with Gasteiger partial charge in [0.15, 0.2) is 6.04 Å². The van der Waals surface area contributed by atoms with E-state index >= 15 is 0 Å². The molecule has 2 unspecified atom stereocenters. The molecule has 76 valence electrons. The number of alkyl halides is 2. The van der Waals surface area contributed by atoms with Crippen LogP contribution < -0.4 is 5.32 Å². The summed E-state index contributed by atoms with van der Waals surface area (Å²) in [6.07, 6.45) is -4.72. The highest BCUT2D eigenvalue weighted by Crippen LogP contribution is 1.97. The molecular formula is C6H9F2NO4. The van der Waals surface area contributed by atoms with Crippen LogP contribution in [0.1, 0.15) is 6.92 Å². The van der Waals surface area contributed by atoms with E-state index in [1.807, 2.05) is 0 Å². The number of aliphatic carboxylic acids is 1. The number of hydrogen-bond acceptors (Lipinski definition) is 3. The summed E-state index contributed by atoms with van der Waals surface area (Å²) in [6.45, 7) is 1.07. The van der Waals surface area contributed by atoms with Gasteiger partial charge in [0.1, 0.15) is 0 Å². The Hall–Kier alpha value is -1.24. The Labute approximate surface area is 72.4 Å². The van der Waals surface area contributed by atoms with Crippen molar-refractivity contribution in [2.24, 2.45) is 0 Å². The lowest BCUT2D eigenvalue weighted by molar-refractivity contribution is -0.147. The number of aliphatic hydroxyl groups excluding tert-OH is 1. The summed E-state index contributed by atoms with van der Waals surface area (Å²) in [5, 5.41) is 18.6. The molecule has 0 heterocycles. The summed E-state index contributed by atoms with van der Waals surface area (Å²) < 4.78 is 23.3. The van der Waals surface area contributed by atoms with E-state index < -0.39 is 30.4 Å². The standard InChI is InChI=1S/C6H9F2NO4/c1-2(10)3(6(12)13)9-5(11)4(7)8/h2-4,10H,1H3,(H,9,11)(H,12,13). The average Bonchev–Trinajstić information content (AvgIpc) is 1.97. The van der Waals surface area contributed by atoms with Gasteiger partial charge in [-0.15, -0.1) is 0 Å². The molecule has 1 amide bonds. The van der Waals surface area contributed by atoms with Crippen LogP contribution in [0.15, 0.2) is 0 Å². The van der Waals surface area contributed by atoms with E-state index in [9.17, 15) is 18.4 Å². The molecule has 0 aliphatic rings. The average molecular weight is 197 g/mol. The number of hydrogen-bond donors (Lipinski definition) is 3. The topological polar surface area (TPSA) is 86.6 Å². The molecule has 5 nitrogen and oxygen atoms in total. The zero-order chi connectivity index (χ0) is 10.6. The van der Waals surface area contributed by atoms with Crippen molar-refractivity contribution in [2.75, 3.05) is 0 Å². The molecule has 0 aliphatic carbocycles. The van der Waals surface area contributed by atoms with Crippen molar-refractivity contribution in [3.05, 3.63) is 0 Å². The fourth-order valence-corrected chi connectivity index (χ4v) is 0.605. The van der Waals surface area contributed by atoms with Crippen molar-refractivity contribution in [3.8, 4) is 0 Å². The van der Waals surface area contributed by atoms with Crippen LogP contribution in [-0.2, 0) is 9.59 Å². The number of nitrogens with one attached hydrogen (secondary N) is 1. The molecule has 0 aromatic heterocycles. The number of rotatable bonds is 4. The molecule has 0 aliphatic heterocycles. The molecule has 2 atom stereocenters. The lowest BCUT2D eigenvalue weighted by Crippen LogP contribution is -2.49. The monoisotopic (exact) mass is 197 g/mol. The molecule has 0 rings (SSSR count). The molecule has 0 spiro atoms. The maximum Gasteiger partial charge on any atom is 0.328 e. The van der Waals surface area contributed by atoms with Crippen molar-refractivity contribution in [3.63, 3.8) is 0 Å². The minimum Gasteiger partial charge on any atom is -0.480 e. The van der Waals surface area contributed by atoms with Crippen LogP contribution in [0, 0.1) is 0 Å². The first-order valence-electron chi connectivity index (χ1n) is 3.35. The molecule has 0 bridgehead atoms. The molecule has 0 aromatic carbocycles. The molecule has 13 heavy (non-hydrogen) atoms. The second-order valence-electron chi connectivity index (χ2n) is 2.37. The second kappa shape index (κ2) is 4.70. The van der Waals surface area contributed by atoms with Gasteiger partial charge in [-0.3, -0.25) is 4.79 Å². The summed E-state index contributed by atoms with van der Waals surface area (Å²) in [7, 11) is 0. The first kappa shape index (κ1) is 11.8. The summed E-state index contributed by atoms with van der Waals surface area (Å²) in [5.74, 6) is -3.28. The van der Waals surface area contributed by atoms with E-state index in [1.165, 1.54) is 5.32 Å². The van der Waals surface area contributed by atoms with Crippen molar-refractivity contribution >= 4 is 11.9 Å². The molecule has 0 fully saturated rings. The number of amides is 1. The lowest BCUT2D eigenvalue weighted by atomic mass is 10.2. The predicted octanol–water partition coefficient (Wildman–Crippen LogP) is -0.798. The van der Waals surface area contributed by atoms with Gasteiger partial charge in [-0.05, 0) is 6.92 Å². The fourth-order valence-electron chi connectivity index (χ4n) is 0.605. The van der Waals surface area contributed by atoms with Crippen LogP contribution in [0.25, 0.3) is 0 Å². The minimum absolute atomic E-state index is 1.07. The van der Waals surface area contributed by atoms with Crippen LogP contribution >= 0.6 is 0 Å². The van der Waals surface area contributed by atoms with Crippen LogP contribution in [-0.4, -0.2) is 40.7 Å². The van der Waals surface area contributed by atoms with Crippen LogP contribution in [0.3, 0.4) is 0 Å². The Morgan fingerprint density at radius 3 is 2.08 bits per heavy atom. The molecule has 0 radical (unpaired) electrons. The highest BCUT2D eigenvalue weighted by atomic mass is 19.3. The molecule has 0 saturated heterocycles. The van der Waals surface area contributed by atoms with E-state index in [0.29, 0.717) is 0 Å². The minimum atomic E-state index is -3.29. The number of halogens is 2. The summed E-state index contributed by atoms with van der Waals surface area (Å²) in [6, 6.07) is -1.71. The van der Waals surface area contributed by atoms with Gasteiger partial charge in [-0.25, -0.2) is 4.79 Å².